The van der Waals surface area contributed by atoms with Crippen LogP contribution in [0.25, 0.3) is 0 Å². The minimum absolute atomic E-state index is 0.380. The fourth-order valence-corrected chi connectivity index (χ4v) is 2.24. The summed E-state index contributed by atoms with van der Waals surface area (Å²) in [5.74, 6) is 1.23. The van der Waals surface area contributed by atoms with Crippen molar-refractivity contribution >= 4 is 11.8 Å². The molecular formula is C10H21NOS. The molecule has 0 N–H and O–H groups in total. The van der Waals surface area contributed by atoms with Crippen molar-refractivity contribution in [3.63, 3.8) is 0 Å². The van der Waals surface area contributed by atoms with E-state index in [0.29, 0.717) is 18.2 Å². The molecule has 0 aromatic rings. The van der Waals surface area contributed by atoms with Gasteiger partial charge in [-0.1, -0.05) is 0 Å². The monoisotopic (exact) mass is 203 g/mol. The smallest absolute Gasteiger partial charge is 0.0703 e. The molecule has 13 heavy (non-hydrogen) atoms. The molecule has 1 heterocycles. The minimum Gasteiger partial charge on any atom is -0.373 e. The molecule has 0 bridgehead atoms. The summed E-state index contributed by atoms with van der Waals surface area (Å²) in [6.45, 7) is 8.88. The van der Waals surface area contributed by atoms with Crippen LogP contribution in [0.5, 0.6) is 0 Å². The Morgan fingerprint density at radius 1 is 1.38 bits per heavy atom. The lowest BCUT2D eigenvalue weighted by Crippen LogP contribution is -2.52. The van der Waals surface area contributed by atoms with Crippen molar-refractivity contribution in [2.75, 3.05) is 25.1 Å². The second-order valence-corrected chi connectivity index (χ2v) is 4.87. The average molecular weight is 203 g/mol. The Balaban J connectivity index is 2.41. The maximum Gasteiger partial charge on any atom is 0.0703 e. The number of ether oxygens (including phenoxy) is 1. The van der Waals surface area contributed by atoms with Crippen LogP contribution in [0.15, 0.2) is 0 Å². The van der Waals surface area contributed by atoms with Crippen LogP contribution in [0.3, 0.4) is 0 Å². The Morgan fingerprint density at radius 3 is 2.69 bits per heavy atom. The molecule has 1 aliphatic heterocycles. The van der Waals surface area contributed by atoms with Crippen molar-refractivity contribution < 1.29 is 4.74 Å². The van der Waals surface area contributed by atoms with Gasteiger partial charge >= 0.3 is 0 Å². The third-order valence-corrected chi connectivity index (χ3v) is 3.37. The summed E-state index contributed by atoms with van der Waals surface area (Å²) < 4.78 is 5.76. The topological polar surface area (TPSA) is 12.5 Å². The molecule has 0 radical (unpaired) electrons. The van der Waals surface area contributed by atoms with Gasteiger partial charge in [-0.15, -0.1) is 0 Å². The van der Waals surface area contributed by atoms with E-state index in [4.69, 9.17) is 4.74 Å². The molecule has 1 aliphatic rings. The van der Waals surface area contributed by atoms with Gasteiger partial charge in [0.05, 0.1) is 12.2 Å². The van der Waals surface area contributed by atoms with Gasteiger partial charge in [-0.3, -0.25) is 4.90 Å². The highest BCUT2D eigenvalue weighted by Crippen LogP contribution is 2.17. The summed E-state index contributed by atoms with van der Waals surface area (Å²) in [7, 11) is 0. The zero-order valence-corrected chi connectivity index (χ0v) is 9.93. The van der Waals surface area contributed by atoms with Gasteiger partial charge in [-0.2, -0.15) is 11.8 Å². The van der Waals surface area contributed by atoms with Crippen LogP contribution in [-0.4, -0.2) is 48.2 Å². The second-order valence-electron chi connectivity index (χ2n) is 3.88. The zero-order chi connectivity index (χ0) is 9.84. The maximum absolute atomic E-state index is 5.76. The van der Waals surface area contributed by atoms with Gasteiger partial charge in [-0.05, 0) is 27.0 Å². The summed E-state index contributed by atoms with van der Waals surface area (Å²) in [6.07, 6.45) is 2.94. The highest BCUT2D eigenvalue weighted by molar-refractivity contribution is 7.98. The van der Waals surface area contributed by atoms with Crippen LogP contribution >= 0.6 is 11.8 Å². The van der Waals surface area contributed by atoms with E-state index in [0.717, 1.165) is 6.54 Å². The number of morpholine rings is 1. The van der Waals surface area contributed by atoms with E-state index < -0.39 is 0 Å². The summed E-state index contributed by atoms with van der Waals surface area (Å²) >= 11 is 1.92. The molecule has 3 unspecified atom stereocenters. The first-order chi connectivity index (χ1) is 6.15. The number of nitrogens with zero attached hydrogens (tertiary/aromatic N) is 1. The van der Waals surface area contributed by atoms with Crippen molar-refractivity contribution in [2.45, 2.75) is 39.0 Å². The molecule has 1 saturated heterocycles. The fraction of sp³-hybridized carbons (Fsp3) is 1.00. The van der Waals surface area contributed by atoms with E-state index in [1.54, 1.807) is 0 Å². The van der Waals surface area contributed by atoms with Crippen molar-refractivity contribution in [1.82, 2.24) is 4.90 Å². The highest BCUT2D eigenvalue weighted by Gasteiger charge is 2.28. The Bertz CT molecular complexity index is 154. The number of hydrogen-bond donors (Lipinski definition) is 0. The first-order valence-corrected chi connectivity index (χ1v) is 6.43. The first kappa shape index (κ1) is 11.3. The van der Waals surface area contributed by atoms with Crippen LogP contribution in [0.2, 0.25) is 0 Å². The molecule has 3 atom stereocenters. The molecule has 2 nitrogen and oxygen atoms in total. The first-order valence-electron chi connectivity index (χ1n) is 5.03. The number of thioether (sulfide) groups is 1. The summed E-state index contributed by atoms with van der Waals surface area (Å²) in [5.41, 5.74) is 0. The van der Waals surface area contributed by atoms with Crippen LogP contribution in [0, 0.1) is 0 Å². The Morgan fingerprint density at radius 2 is 2.08 bits per heavy atom. The molecule has 0 spiro atoms. The molecule has 0 saturated carbocycles. The highest BCUT2D eigenvalue weighted by atomic mass is 32.2. The molecule has 1 rings (SSSR count). The third kappa shape index (κ3) is 3.15. The Labute approximate surface area is 86.0 Å². The Hall–Kier alpha value is 0.270. The van der Waals surface area contributed by atoms with Gasteiger partial charge in [-0.25, -0.2) is 0 Å². The maximum atomic E-state index is 5.76. The normalized spacial score (nSPS) is 36.5. The second kappa shape index (κ2) is 5.23. The quantitative estimate of drug-likeness (QED) is 0.694. The molecule has 1 fully saturated rings. The Kier molecular flexibility index (Phi) is 4.56. The molecule has 0 aliphatic carbocycles. The molecule has 78 valence electrons. The van der Waals surface area contributed by atoms with Crippen LogP contribution < -0.4 is 0 Å². The van der Waals surface area contributed by atoms with Crippen LogP contribution in [0.1, 0.15) is 20.8 Å². The van der Waals surface area contributed by atoms with Crippen molar-refractivity contribution in [3.05, 3.63) is 0 Å². The van der Waals surface area contributed by atoms with Gasteiger partial charge in [0.15, 0.2) is 0 Å². The van der Waals surface area contributed by atoms with Gasteiger partial charge in [0, 0.05) is 24.9 Å². The predicted octanol–water partition coefficient (Wildman–Crippen LogP) is 1.85. The number of rotatable bonds is 3. The third-order valence-electron chi connectivity index (χ3n) is 2.78. The predicted molar refractivity (Wildman–Crippen MR) is 59.4 cm³/mol. The van der Waals surface area contributed by atoms with E-state index >= 15 is 0 Å². The van der Waals surface area contributed by atoms with Crippen LogP contribution in [0.4, 0.5) is 0 Å². The molecule has 3 heteroatoms. The van der Waals surface area contributed by atoms with E-state index in [1.165, 1.54) is 12.3 Å². The SMILES string of the molecule is CSCCN1CC(C)OC(C)C1C. The van der Waals surface area contributed by atoms with E-state index in [2.05, 4.69) is 31.9 Å². The summed E-state index contributed by atoms with van der Waals surface area (Å²) in [6, 6.07) is 0.573. The van der Waals surface area contributed by atoms with E-state index in [1.807, 2.05) is 11.8 Å². The van der Waals surface area contributed by atoms with Crippen LogP contribution in [-0.2, 0) is 4.74 Å². The lowest BCUT2D eigenvalue weighted by Gasteiger charge is -2.41. The average Bonchev–Trinajstić information content (AvgIpc) is 2.09. The van der Waals surface area contributed by atoms with Crippen molar-refractivity contribution in [1.29, 1.82) is 0 Å². The molecule has 0 aromatic heterocycles. The standard InChI is InChI=1S/C10H21NOS/c1-8-7-11(5-6-13-4)9(2)10(3)12-8/h8-10H,5-7H2,1-4H3. The summed E-state index contributed by atoms with van der Waals surface area (Å²) in [4.78, 5) is 2.54. The molecule has 0 aromatic carbocycles. The zero-order valence-electron chi connectivity index (χ0n) is 9.12. The lowest BCUT2D eigenvalue weighted by atomic mass is 10.1. The molecular weight excluding hydrogens is 182 g/mol. The van der Waals surface area contributed by atoms with Crippen molar-refractivity contribution in [2.24, 2.45) is 0 Å². The van der Waals surface area contributed by atoms with E-state index in [-0.39, 0.29) is 0 Å². The van der Waals surface area contributed by atoms with Gasteiger partial charge in [0.2, 0.25) is 0 Å². The van der Waals surface area contributed by atoms with E-state index in [9.17, 15) is 0 Å². The largest absolute Gasteiger partial charge is 0.373 e. The minimum atomic E-state index is 0.380. The summed E-state index contributed by atoms with van der Waals surface area (Å²) in [5, 5.41) is 0. The molecule has 0 amide bonds. The van der Waals surface area contributed by atoms with Crippen molar-refractivity contribution in [3.8, 4) is 0 Å². The van der Waals surface area contributed by atoms with Gasteiger partial charge < -0.3 is 4.74 Å². The lowest BCUT2D eigenvalue weighted by molar-refractivity contribution is -0.0969. The fourth-order valence-electron chi connectivity index (χ4n) is 1.82. The number of hydrogen-bond acceptors (Lipinski definition) is 3. The van der Waals surface area contributed by atoms with Gasteiger partial charge in [0.1, 0.15) is 0 Å². The van der Waals surface area contributed by atoms with Gasteiger partial charge in [0.25, 0.3) is 0 Å².